The third kappa shape index (κ3) is 5.97. The predicted octanol–water partition coefficient (Wildman–Crippen LogP) is 2.31. The number of hydrogen-bond acceptors (Lipinski definition) is 4. The van der Waals surface area contributed by atoms with Crippen molar-refractivity contribution in [2.75, 3.05) is 46.6 Å². The molecule has 6 heteroatoms. The van der Waals surface area contributed by atoms with Gasteiger partial charge in [0.05, 0.1) is 23.3 Å². The first-order chi connectivity index (χ1) is 9.19. The first-order valence-corrected chi connectivity index (χ1v) is 6.83. The lowest BCUT2D eigenvalue weighted by Gasteiger charge is -2.21. The molecule has 0 amide bonds. The van der Waals surface area contributed by atoms with Gasteiger partial charge >= 0.3 is 0 Å². The van der Waals surface area contributed by atoms with E-state index in [1.165, 1.54) is 0 Å². The largest absolute Gasteiger partial charge is 0.489 e. The number of methoxy groups -OCH3 is 1. The van der Waals surface area contributed by atoms with Gasteiger partial charge in [-0.05, 0) is 12.1 Å². The molecular weight excluding hydrogens is 289 g/mol. The van der Waals surface area contributed by atoms with Crippen molar-refractivity contribution in [1.29, 1.82) is 0 Å². The average molecular weight is 308 g/mol. The van der Waals surface area contributed by atoms with Crippen LogP contribution < -0.4 is 4.74 Å². The Balaban J connectivity index is 2.42. The standard InChI is InChI=1S/C13H19Cl2NO3/c1-18-9-6-16(5-8-17)7-10-19-13-11(14)3-2-4-12(13)15/h2-4,17H,5-10H2,1H3. The molecule has 4 nitrogen and oxygen atoms in total. The van der Waals surface area contributed by atoms with Gasteiger partial charge in [-0.2, -0.15) is 0 Å². The fourth-order valence-electron chi connectivity index (χ4n) is 1.59. The van der Waals surface area contributed by atoms with Crippen molar-refractivity contribution in [3.8, 4) is 5.75 Å². The maximum Gasteiger partial charge on any atom is 0.156 e. The molecule has 108 valence electrons. The van der Waals surface area contributed by atoms with Crippen LogP contribution in [0.25, 0.3) is 0 Å². The van der Waals surface area contributed by atoms with Crippen LogP contribution in [-0.2, 0) is 4.74 Å². The molecule has 0 saturated carbocycles. The number of rotatable bonds is 9. The molecule has 0 aliphatic rings. The summed E-state index contributed by atoms with van der Waals surface area (Å²) in [6.45, 7) is 3.18. The van der Waals surface area contributed by atoms with Crippen molar-refractivity contribution >= 4 is 23.2 Å². The molecule has 0 spiro atoms. The lowest BCUT2D eigenvalue weighted by Crippen LogP contribution is -2.33. The van der Waals surface area contributed by atoms with E-state index in [4.69, 9.17) is 37.8 Å². The Labute approximate surface area is 123 Å². The van der Waals surface area contributed by atoms with E-state index >= 15 is 0 Å². The lowest BCUT2D eigenvalue weighted by molar-refractivity contribution is 0.118. The Morgan fingerprint density at radius 3 is 2.32 bits per heavy atom. The van der Waals surface area contributed by atoms with E-state index in [1.807, 2.05) is 4.90 Å². The summed E-state index contributed by atoms with van der Waals surface area (Å²) in [7, 11) is 1.65. The first-order valence-electron chi connectivity index (χ1n) is 6.08. The van der Waals surface area contributed by atoms with Crippen molar-refractivity contribution in [2.45, 2.75) is 0 Å². The fraction of sp³-hybridized carbons (Fsp3) is 0.538. The Hall–Kier alpha value is -0.520. The molecule has 1 aromatic rings. The molecule has 0 radical (unpaired) electrons. The molecule has 1 N–H and O–H groups in total. The van der Waals surface area contributed by atoms with Gasteiger partial charge in [-0.25, -0.2) is 0 Å². The van der Waals surface area contributed by atoms with Crippen LogP contribution in [0.15, 0.2) is 18.2 Å². The molecule has 0 fully saturated rings. The molecular formula is C13H19Cl2NO3. The van der Waals surface area contributed by atoms with Gasteiger partial charge in [-0.3, -0.25) is 4.90 Å². The Morgan fingerprint density at radius 2 is 1.74 bits per heavy atom. The molecule has 1 rings (SSSR count). The highest BCUT2D eigenvalue weighted by molar-refractivity contribution is 6.37. The van der Waals surface area contributed by atoms with E-state index < -0.39 is 0 Å². The summed E-state index contributed by atoms with van der Waals surface area (Å²) in [6.07, 6.45) is 0. The van der Waals surface area contributed by atoms with Crippen LogP contribution >= 0.6 is 23.2 Å². The molecule has 0 atom stereocenters. The highest BCUT2D eigenvalue weighted by atomic mass is 35.5. The topological polar surface area (TPSA) is 41.9 Å². The maximum atomic E-state index is 8.98. The molecule has 0 bridgehead atoms. The van der Waals surface area contributed by atoms with Crippen molar-refractivity contribution in [3.63, 3.8) is 0 Å². The van der Waals surface area contributed by atoms with Gasteiger partial charge < -0.3 is 14.6 Å². The number of ether oxygens (including phenoxy) is 2. The van der Waals surface area contributed by atoms with Crippen LogP contribution in [0.3, 0.4) is 0 Å². The van der Waals surface area contributed by atoms with Crippen LogP contribution in [0.4, 0.5) is 0 Å². The second-order valence-corrected chi connectivity index (χ2v) is 4.77. The van der Waals surface area contributed by atoms with Crippen molar-refractivity contribution < 1.29 is 14.6 Å². The molecule has 0 aliphatic carbocycles. The fourth-order valence-corrected chi connectivity index (χ4v) is 2.10. The number of para-hydroxylation sites is 1. The van der Waals surface area contributed by atoms with Gasteiger partial charge in [-0.15, -0.1) is 0 Å². The SMILES string of the molecule is COCCN(CCO)CCOc1c(Cl)cccc1Cl. The first kappa shape index (κ1) is 16.5. The summed E-state index contributed by atoms with van der Waals surface area (Å²) in [6, 6.07) is 5.24. The minimum absolute atomic E-state index is 0.108. The summed E-state index contributed by atoms with van der Waals surface area (Å²) in [5.74, 6) is 0.501. The number of aliphatic hydroxyl groups excluding tert-OH is 1. The van der Waals surface area contributed by atoms with Gasteiger partial charge in [0.25, 0.3) is 0 Å². The van der Waals surface area contributed by atoms with Crippen LogP contribution in [0.5, 0.6) is 5.75 Å². The second kappa shape index (κ2) is 9.39. The summed E-state index contributed by atoms with van der Waals surface area (Å²) in [4.78, 5) is 2.05. The van der Waals surface area contributed by atoms with Crippen LogP contribution in [0.1, 0.15) is 0 Å². The van der Waals surface area contributed by atoms with Gasteiger partial charge in [0.1, 0.15) is 6.61 Å². The third-order valence-electron chi connectivity index (χ3n) is 2.60. The number of hydrogen-bond donors (Lipinski definition) is 1. The smallest absolute Gasteiger partial charge is 0.156 e. The van der Waals surface area contributed by atoms with E-state index in [-0.39, 0.29) is 6.61 Å². The zero-order valence-corrected chi connectivity index (χ0v) is 12.5. The summed E-state index contributed by atoms with van der Waals surface area (Å²) < 4.78 is 10.6. The van der Waals surface area contributed by atoms with E-state index in [9.17, 15) is 0 Å². The Bertz CT molecular complexity index is 357. The molecule has 0 aromatic heterocycles. The monoisotopic (exact) mass is 307 g/mol. The third-order valence-corrected chi connectivity index (χ3v) is 3.20. The molecule has 19 heavy (non-hydrogen) atoms. The lowest BCUT2D eigenvalue weighted by atomic mass is 10.3. The molecule has 0 heterocycles. The van der Waals surface area contributed by atoms with E-state index in [0.29, 0.717) is 42.1 Å². The van der Waals surface area contributed by atoms with Gasteiger partial charge in [0.15, 0.2) is 5.75 Å². The minimum atomic E-state index is 0.108. The van der Waals surface area contributed by atoms with Crippen molar-refractivity contribution in [2.24, 2.45) is 0 Å². The minimum Gasteiger partial charge on any atom is -0.489 e. The number of aliphatic hydroxyl groups is 1. The molecule has 0 unspecified atom stereocenters. The normalized spacial score (nSPS) is 11.0. The highest BCUT2D eigenvalue weighted by Gasteiger charge is 2.08. The predicted molar refractivity (Wildman–Crippen MR) is 77.4 cm³/mol. The Kier molecular flexibility index (Phi) is 8.18. The summed E-state index contributed by atoms with van der Waals surface area (Å²) in [5, 5.41) is 9.97. The number of halogens is 2. The van der Waals surface area contributed by atoms with E-state index in [2.05, 4.69) is 0 Å². The van der Waals surface area contributed by atoms with Crippen molar-refractivity contribution in [3.05, 3.63) is 28.2 Å². The molecule has 0 saturated heterocycles. The van der Waals surface area contributed by atoms with Gasteiger partial charge in [0, 0.05) is 26.7 Å². The van der Waals surface area contributed by atoms with E-state index in [1.54, 1.807) is 25.3 Å². The van der Waals surface area contributed by atoms with Crippen LogP contribution in [-0.4, -0.2) is 56.6 Å². The summed E-state index contributed by atoms with van der Waals surface area (Å²) >= 11 is 12.0. The van der Waals surface area contributed by atoms with Gasteiger partial charge in [0.2, 0.25) is 0 Å². The van der Waals surface area contributed by atoms with Crippen LogP contribution in [0.2, 0.25) is 10.0 Å². The highest BCUT2D eigenvalue weighted by Crippen LogP contribution is 2.32. The van der Waals surface area contributed by atoms with Crippen molar-refractivity contribution in [1.82, 2.24) is 4.90 Å². The van der Waals surface area contributed by atoms with Crippen LogP contribution in [0, 0.1) is 0 Å². The summed E-state index contributed by atoms with van der Waals surface area (Å²) in [5.41, 5.74) is 0. The maximum absolute atomic E-state index is 8.98. The van der Waals surface area contributed by atoms with E-state index in [0.717, 1.165) is 6.54 Å². The average Bonchev–Trinajstić information content (AvgIpc) is 2.39. The molecule has 0 aliphatic heterocycles. The quantitative estimate of drug-likeness (QED) is 0.760. The second-order valence-electron chi connectivity index (χ2n) is 3.96. The molecule has 1 aromatic carbocycles. The zero-order valence-electron chi connectivity index (χ0n) is 10.9. The zero-order chi connectivity index (χ0) is 14.1. The Morgan fingerprint density at radius 1 is 1.11 bits per heavy atom. The van der Waals surface area contributed by atoms with Gasteiger partial charge in [-0.1, -0.05) is 29.3 Å². The number of nitrogens with zero attached hydrogens (tertiary/aromatic N) is 1. The number of benzene rings is 1.